The lowest BCUT2D eigenvalue weighted by atomic mass is 9.95. The molecule has 3 unspecified atom stereocenters. The van der Waals surface area contributed by atoms with Crippen LogP contribution in [0.4, 0.5) is 0 Å². The van der Waals surface area contributed by atoms with Crippen molar-refractivity contribution in [1.82, 2.24) is 0 Å². The average Bonchev–Trinajstić information content (AvgIpc) is 2.73. The molecule has 0 heterocycles. The van der Waals surface area contributed by atoms with Crippen molar-refractivity contribution in [3.8, 4) is 0 Å². The maximum atomic E-state index is 8.72. The summed E-state index contributed by atoms with van der Waals surface area (Å²) < 4.78 is 0. The molecule has 0 radical (unpaired) electrons. The zero-order valence-electron chi connectivity index (χ0n) is 23.1. The summed E-state index contributed by atoms with van der Waals surface area (Å²) in [6.45, 7) is 19.9. The van der Waals surface area contributed by atoms with Crippen molar-refractivity contribution in [3.05, 3.63) is 0 Å². The molecule has 0 aromatic rings. The molecule has 0 rings (SSSR count). The molecule has 0 aliphatic heterocycles. The summed E-state index contributed by atoms with van der Waals surface area (Å²) in [4.78, 5) is 0. The quantitative estimate of drug-likeness (QED) is 0.209. The molecule has 0 aromatic carbocycles. The summed E-state index contributed by atoms with van der Waals surface area (Å²) in [5, 5.41) is 49.8. The first kappa shape index (κ1) is 46.1. The summed E-state index contributed by atoms with van der Waals surface area (Å²) in [7, 11) is 0. The van der Waals surface area contributed by atoms with E-state index in [1.54, 1.807) is 0 Å². The van der Waals surface area contributed by atoms with Crippen molar-refractivity contribution in [2.24, 2.45) is 23.7 Å². The third kappa shape index (κ3) is 65.3. The van der Waals surface area contributed by atoms with Crippen LogP contribution in [0.25, 0.3) is 0 Å². The number of rotatable bonds is 12. The highest BCUT2D eigenvalue weighted by molar-refractivity contribution is 4.57. The van der Waals surface area contributed by atoms with Gasteiger partial charge in [0.1, 0.15) is 0 Å². The lowest BCUT2D eigenvalue weighted by Gasteiger charge is -2.14. The monoisotopic (exact) mass is 486 g/mol. The highest BCUT2D eigenvalue weighted by Gasteiger charge is 2.07. The molecule has 6 heteroatoms. The highest BCUT2D eigenvalue weighted by Crippen LogP contribution is 2.12. The Labute approximate surface area is 208 Å². The van der Waals surface area contributed by atoms with Crippen LogP contribution in [0.15, 0.2) is 0 Å². The molecule has 0 aliphatic carbocycles. The summed E-state index contributed by atoms with van der Waals surface area (Å²) >= 11 is 0. The van der Waals surface area contributed by atoms with Crippen molar-refractivity contribution in [1.29, 1.82) is 0 Å². The molecule has 0 aliphatic rings. The van der Waals surface area contributed by atoms with Crippen LogP contribution < -0.4 is 0 Å². The first-order chi connectivity index (χ1) is 15.0. The molecule has 0 aromatic heterocycles. The van der Waals surface area contributed by atoms with Crippen LogP contribution >= 0.6 is 0 Å². The summed E-state index contributed by atoms with van der Waals surface area (Å²) in [6.07, 6.45) is 6.79. The Morgan fingerprint density at radius 1 is 0.606 bits per heavy atom. The molecule has 6 nitrogen and oxygen atoms in total. The van der Waals surface area contributed by atoms with Gasteiger partial charge in [0, 0.05) is 33.0 Å². The smallest absolute Gasteiger partial charge is 0.0514 e. The van der Waals surface area contributed by atoms with Crippen molar-refractivity contribution in [2.45, 2.75) is 121 Å². The second-order valence-corrected chi connectivity index (χ2v) is 9.00. The van der Waals surface area contributed by atoms with Gasteiger partial charge in [0.05, 0.1) is 6.10 Å². The predicted molar refractivity (Wildman–Crippen MR) is 146 cm³/mol. The first-order valence-electron chi connectivity index (χ1n) is 12.7. The van der Waals surface area contributed by atoms with Crippen molar-refractivity contribution in [2.75, 3.05) is 33.0 Å². The van der Waals surface area contributed by atoms with Crippen molar-refractivity contribution in [3.63, 3.8) is 0 Å². The van der Waals surface area contributed by atoms with Gasteiger partial charge in [-0.2, -0.15) is 0 Å². The maximum Gasteiger partial charge on any atom is 0.0514 e. The maximum absolute atomic E-state index is 8.72. The van der Waals surface area contributed by atoms with E-state index < -0.39 is 0 Å². The molecule has 210 valence electrons. The Hall–Kier alpha value is -0.240. The Morgan fingerprint density at radius 2 is 1.06 bits per heavy atom. The molecule has 0 bridgehead atoms. The second kappa shape index (κ2) is 42.0. The summed E-state index contributed by atoms with van der Waals surface area (Å²) in [5.41, 5.74) is 0. The van der Waals surface area contributed by atoms with Gasteiger partial charge in [-0.1, -0.05) is 88.5 Å². The lowest BCUT2D eigenvalue weighted by molar-refractivity contribution is 0.168. The highest BCUT2D eigenvalue weighted by atomic mass is 16.3. The van der Waals surface area contributed by atoms with Crippen LogP contribution in [0.1, 0.15) is 115 Å². The lowest BCUT2D eigenvalue weighted by Crippen LogP contribution is -2.11. The van der Waals surface area contributed by atoms with E-state index in [2.05, 4.69) is 48.5 Å². The van der Waals surface area contributed by atoms with Gasteiger partial charge < -0.3 is 30.6 Å². The van der Waals surface area contributed by atoms with Crippen LogP contribution in [0.2, 0.25) is 0 Å². The van der Waals surface area contributed by atoms with E-state index >= 15 is 0 Å². The topological polar surface area (TPSA) is 121 Å². The second-order valence-electron chi connectivity index (χ2n) is 9.00. The largest absolute Gasteiger partial charge is 0.396 e. The number of aliphatic hydroxyl groups excluding tert-OH is 6. The van der Waals surface area contributed by atoms with E-state index in [-0.39, 0.29) is 26.7 Å². The fraction of sp³-hybridized carbons (Fsp3) is 1.00. The summed E-state index contributed by atoms with van der Waals surface area (Å²) in [5.74, 6) is 2.25. The van der Waals surface area contributed by atoms with Crippen LogP contribution in [-0.4, -0.2) is 69.8 Å². The molecular formula is C27H66O6. The third-order valence-corrected chi connectivity index (χ3v) is 4.60. The standard InChI is InChI=1S/C7H16O.C6H14O.2C5H12O.C3H8O2.CH4/c1-4-7(5-8)6(2)3;1-5(2)4-6(3)7;1-3-5(2)4-6;1-2-3-4-5-6;4-2-1-3-5;/h6-8H,4-5H2,1-3H3;5-7H,4H2,1-3H3;5-6H,3-4H2,1-2H3;6H,2-5H2,1H3;4-5H,1-3H2;1H4. The predicted octanol–water partition coefficient (Wildman–Crippen LogP) is 5.27. The van der Waals surface area contributed by atoms with Gasteiger partial charge in [-0.05, 0) is 49.9 Å². The molecule has 0 fully saturated rings. The Morgan fingerprint density at radius 3 is 1.09 bits per heavy atom. The van der Waals surface area contributed by atoms with Crippen LogP contribution in [0, 0.1) is 23.7 Å². The molecule has 0 amide bonds. The van der Waals surface area contributed by atoms with E-state index in [0.717, 1.165) is 32.1 Å². The van der Waals surface area contributed by atoms with Gasteiger partial charge in [0.15, 0.2) is 0 Å². The molecule has 3 atom stereocenters. The van der Waals surface area contributed by atoms with Gasteiger partial charge in [-0.25, -0.2) is 0 Å². The Bertz CT molecular complexity index is 253. The molecule has 0 saturated carbocycles. The fourth-order valence-electron chi connectivity index (χ4n) is 2.06. The Kier molecular flexibility index (Phi) is 58.7. The van der Waals surface area contributed by atoms with E-state index in [1.807, 2.05) is 13.8 Å². The zero-order valence-corrected chi connectivity index (χ0v) is 23.1. The number of aliphatic hydroxyl groups is 6. The van der Waals surface area contributed by atoms with E-state index in [4.69, 9.17) is 30.6 Å². The molecule has 0 spiro atoms. The number of unbranched alkanes of at least 4 members (excludes halogenated alkanes) is 2. The Balaban J connectivity index is -0.0000000691. The first-order valence-corrected chi connectivity index (χ1v) is 12.7. The molecule has 0 saturated heterocycles. The minimum Gasteiger partial charge on any atom is -0.396 e. The van der Waals surface area contributed by atoms with E-state index in [0.29, 0.717) is 49.9 Å². The zero-order chi connectivity index (χ0) is 26.4. The normalized spacial score (nSPS) is 12.3. The minimum atomic E-state index is -0.125. The van der Waals surface area contributed by atoms with Gasteiger partial charge >= 0.3 is 0 Å². The van der Waals surface area contributed by atoms with Crippen LogP contribution in [-0.2, 0) is 0 Å². The van der Waals surface area contributed by atoms with Gasteiger partial charge in [-0.3, -0.25) is 0 Å². The van der Waals surface area contributed by atoms with Gasteiger partial charge in [0.2, 0.25) is 0 Å². The molecular weight excluding hydrogens is 420 g/mol. The fourth-order valence-corrected chi connectivity index (χ4v) is 2.06. The molecule has 33 heavy (non-hydrogen) atoms. The number of hydrogen-bond acceptors (Lipinski definition) is 6. The summed E-state index contributed by atoms with van der Waals surface area (Å²) in [6, 6.07) is 0. The van der Waals surface area contributed by atoms with Gasteiger partial charge in [-0.15, -0.1) is 0 Å². The molecule has 6 N–H and O–H groups in total. The van der Waals surface area contributed by atoms with Crippen molar-refractivity contribution >= 4 is 0 Å². The average molecular weight is 487 g/mol. The van der Waals surface area contributed by atoms with Gasteiger partial charge in [0.25, 0.3) is 0 Å². The van der Waals surface area contributed by atoms with Crippen LogP contribution in [0.5, 0.6) is 0 Å². The number of hydrogen-bond donors (Lipinski definition) is 6. The van der Waals surface area contributed by atoms with Crippen molar-refractivity contribution < 1.29 is 30.6 Å². The third-order valence-electron chi connectivity index (χ3n) is 4.60. The van der Waals surface area contributed by atoms with Crippen LogP contribution in [0.3, 0.4) is 0 Å². The van der Waals surface area contributed by atoms with E-state index in [1.165, 1.54) is 6.42 Å². The minimum absolute atomic E-state index is 0. The van der Waals surface area contributed by atoms with E-state index in [9.17, 15) is 0 Å². The SMILES string of the molecule is C.CC(C)CC(C)O.CCC(C)CO.CCC(CO)C(C)C.CCCCCO.OCCCO.